The molecule has 1 rings (SSSR count). The second-order valence-corrected chi connectivity index (χ2v) is 4.07. The van der Waals surface area contributed by atoms with E-state index in [1.807, 2.05) is 0 Å². The summed E-state index contributed by atoms with van der Waals surface area (Å²) in [5.41, 5.74) is 1.45. The second-order valence-electron chi connectivity index (χ2n) is 3.27. The first kappa shape index (κ1) is 9.79. The van der Waals surface area contributed by atoms with Gasteiger partial charge < -0.3 is 0 Å². The zero-order valence-electron chi connectivity index (χ0n) is 7.46. The van der Waals surface area contributed by atoms with Crippen molar-refractivity contribution in [2.75, 3.05) is 5.33 Å². The standard InChI is InChI=1S/C11H15Br/c1-10(7-8-12)9-11-5-3-2-4-6-11/h2-6,10H,7-9H2,1H3/t10-/m1/s1. The van der Waals surface area contributed by atoms with Crippen LogP contribution in [-0.4, -0.2) is 5.33 Å². The largest absolute Gasteiger partial charge is 0.0928 e. The molecule has 0 unspecified atom stereocenters. The van der Waals surface area contributed by atoms with Crippen LogP contribution in [0, 0.1) is 5.92 Å². The lowest BCUT2D eigenvalue weighted by molar-refractivity contribution is 0.567. The number of rotatable bonds is 4. The molecule has 0 aliphatic heterocycles. The molecule has 12 heavy (non-hydrogen) atoms. The molecule has 0 N–H and O–H groups in total. The molecule has 0 aliphatic carbocycles. The van der Waals surface area contributed by atoms with Gasteiger partial charge in [0.15, 0.2) is 0 Å². The van der Waals surface area contributed by atoms with Gasteiger partial charge in [-0.1, -0.05) is 53.2 Å². The molecule has 0 fully saturated rings. The first-order chi connectivity index (χ1) is 5.83. The SMILES string of the molecule is C[C@H](CCBr)Cc1ccccc1. The fourth-order valence-corrected chi connectivity index (χ4v) is 2.09. The molecule has 0 aliphatic rings. The quantitative estimate of drug-likeness (QED) is 0.688. The molecule has 0 aromatic heterocycles. The Kier molecular flexibility index (Phi) is 4.37. The average Bonchev–Trinajstić information content (AvgIpc) is 2.06. The molecule has 0 amide bonds. The maximum atomic E-state index is 3.46. The summed E-state index contributed by atoms with van der Waals surface area (Å²) in [6.45, 7) is 2.30. The second kappa shape index (κ2) is 5.36. The van der Waals surface area contributed by atoms with Crippen LogP contribution in [0.3, 0.4) is 0 Å². The summed E-state index contributed by atoms with van der Waals surface area (Å²) in [6.07, 6.45) is 2.46. The lowest BCUT2D eigenvalue weighted by Gasteiger charge is -2.08. The van der Waals surface area contributed by atoms with Crippen molar-refractivity contribution >= 4 is 15.9 Å². The molecule has 0 spiro atoms. The molecule has 0 saturated carbocycles. The summed E-state index contributed by atoms with van der Waals surface area (Å²) >= 11 is 3.46. The van der Waals surface area contributed by atoms with Gasteiger partial charge in [0, 0.05) is 5.33 Å². The zero-order valence-corrected chi connectivity index (χ0v) is 9.05. The van der Waals surface area contributed by atoms with Gasteiger partial charge in [-0.2, -0.15) is 0 Å². The van der Waals surface area contributed by atoms with E-state index >= 15 is 0 Å². The Labute approximate surface area is 83.1 Å². The molecule has 1 aromatic rings. The summed E-state index contributed by atoms with van der Waals surface area (Å²) in [7, 11) is 0. The van der Waals surface area contributed by atoms with Crippen molar-refractivity contribution < 1.29 is 0 Å². The number of hydrogen-bond acceptors (Lipinski definition) is 0. The first-order valence-electron chi connectivity index (χ1n) is 4.43. The van der Waals surface area contributed by atoms with E-state index in [1.165, 1.54) is 18.4 Å². The highest BCUT2D eigenvalue weighted by Gasteiger charge is 2.01. The Balaban J connectivity index is 2.41. The normalized spacial score (nSPS) is 12.8. The van der Waals surface area contributed by atoms with E-state index in [1.54, 1.807) is 0 Å². The summed E-state index contributed by atoms with van der Waals surface area (Å²) in [4.78, 5) is 0. The topological polar surface area (TPSA) is 0 Å². The average molecular weight is 227 g/mol. The van der Waals surface area contributed by atoms with E-state index in [0.29, 0.717) is 0 Å². The van der Waals surface area contributed by atoms with Crippen LogP contribution in [-0.2, 0) is 6.42 Å². The Morgan fingerprint density at radius 2 is 1.92 bits per heavy atom. The van der Waals surface area contributed by atoms with Gasteiger partial charge in [-0.05, 0) is 24.3 Å². The van der Waals surface area contributed by atoms with Crippen molar-refractivity contribution in [3.8, 4) is 0 Å². The van der Waals surface area contributed by atoms with Crippen LogP contribution in [0.4, 0.5) is 0 Å². The third-order valence-corrected chi connectivity index (χ3v) is 2.49. The molecule has 0 heterocycles. The summed E-state index contributed by atoms with van der Waals surface area (Å²) in [5.74, 6) is 0.784. The maximum absolute atomic E-state index is 3.46. The van der Waals surface area contributed by atoms with Crippen LogP contribution in [0.5, 0.6) is 0 Å². The van der Waals surface area contributed by atoms with Gasteiger partial charge in [0.2, 0.25) is 0 Å². The van der Waals surface area contributed by atoms with E-state index in [4.69, 9.17) is 0 Å². The Hall–Kier alpha value is -0.300. The van der Waals surface area contributed by atoms with Crippen molar-refractivity contribution in [2.45, 2.75) is 19.8 Å². The third-order valence-electron chi connectivity index (χ3n) is 2.03. The lowest BCUT2D eigenvalue weighted by Crippen LogP contribution is -1.99. The van der Waals surface area contributed by atoms with E-state index < -0.39 is 0 Å². The molecule has 1 atom stereocenters. The first-order valence-corrected chi connectivity index (χ1v) is 5.55. The minimum atomic E-state index is 0.784. The van der Waals surface area contributed by atoms with Crippen LogP contribution in [0.15, 0.2) is 30.3 Å². The van der Waals surface area contributed by atoms with Crippen LogP contribution in [0.25, 0.3) is 0 Å². The molecule has 0 saturated heterocycles. The summed E-state index contributed by atoms with van der Waals surface area (Å²) in [6, 6.07) is 10.7. The third kappa shape index (κ3) is 3.40. The monoisotopic (exact) mass is 226 g/mol. The lowest BCUT2D eigenvalue weighted by atomic mass is 9.99. The van der Waals surface area contributed by atoms with Crippen molar-refractivity contribution in [1.82, 2.24) is 0 Å². The smallest absolute Gasteiger partial charge is 0.00339 e. The summed E-state index contributed by atoms with van der Waals surface area (Å²) in [5, 5.41) is 1.11. The van der Waals surface area contributed by atoms with Crippen LogP contribution in [0.1, 0.15) is 18.9 Å². The Bertz CT molecular complexity index is 206. The number of alkyl halides is 1. The predicted molar refractivity (Wildman–Crippen MR) is 57.7 cm³/mol. The molecule has 0 bridgehead atoms. The van der Waals surface area contributed by atoms with Crippen LogP contribution in [0.2, 0.25) is 0 Å². The Morgan fingerprint density at radius 3 is 2.50 bits per heavy atom. The van der Waals surface area contributed by atoms with E-state index in [9.17, 15) is 0 Å². The number of hydrogen-bond donors (Lipinski definition) is 0. The number of halogens is 1. The van der Waals surface area contributed by atoms with Gasteiger partial charge in [-0.25, -0.2) is 0 Å². The molecule has 0 nitrogen and oxygen atoms in total. The van der Waals surface area contributed by atoms with Crippen LogP contribution >= 0.6 is 15.9 Å². The minimum Gasteiger partial charge on any atom is -0.0928 e. The minimum absolute atomic E-state index is 0.784. The van der Waals surface area contributed by atoms with Gasteiger partial charge in [0.05, 0.1) is 0 Å². The van der Waals surface area contributed by atoms with Crippen LogP contribution < -0.4 is 0 Å². The van der Waals surface area contributed by atoms with Gasteiger partial charge >= 0.3 is 0 Å². The van der Waals surface area contributed by atoms with Gasteiger partial charge in [-0.3, -0.25) is 0 Å². The fraction of sp³-hybridized carbons (Fsp3) is 0.455. The van der Waals surface area contributed by atoms with E-state index in [2.05, 4.69) is 53.2 Å². The highest BCUT2D eigenvalue weighted by molar-refractivity contribution is 9.09. The van der Waals surface area contributed by atoms with E-state index in [-0.39, 0.29) is 0 Å². The van der Waals surface area contributed by atoms with Gasteiger partial charge in [0.25, 0.3) is 0 Å². The molecule has 1 aromatic carbocycles. The predicted octanol–water partition coefficient (Wildman–Crippen LogP) is 3.65. The van der Waals surface area contributed by atoms with Gasteiger partial charge in [0.1, 0.15) is 0 Å². The Morgan fingerprint density at radius 1 is 1.25 bits per heavy atom. The maximum Gasteiger partial charge on any atom is 0.00339 e. The van der Waals surface area contributed by atoms with Crippen molar-refractivity contribution in [2.24, 2.45) is 5.92 Å². The van der Waals surface area contributed by atoms with Crippen molar-refractivity contribution in [3.63, 3.8) is 0 Å². The molecular formula is C11H15Br. The highest BCUT2D eigenvalue weighted by Crippen LogP contribution is 2.12. The summed E-state index contributed by atoms with van der Waals surface area (Å²) < 4.78 is 0. The molecular weight excluding hydrogens is 212 g/mol. The highest BCUT2D eigenvalue weighted by atomic mass is 79.9. The molecule has 0 radical (unpaired) electrons. The number of benzene rings is 1. The van der Waals surface area contributed by atoms with Crippen molar-refractivity contribution in [1.29, 1.82) is 0 Å². The zero-order chi connectivity index (χ0) is 8.81. The molecule has 1 heteroatoms. The van der Waals surface area contributed by atoms with Gasteiger partial charge in [-0.15, -0.1) is 0 Å². The molecule has 66 valence electrons. The van der Waals surface area contributed by atoms with Crippen molar-refractivity contribution in [3.05, 3.63) is 35.9 Å². The van der Waals surface area contributed by atoms with E-state index in [0.717, 1.165) is 11.2 Å². The fourth-order valence-electron chi connectivity index (χ4n) is 1.30.